The first-order chi connectivity index (χ1) is 12.5. The molecule has 5 heterocycles. The van der Waals surface area contributed by atoms with E-state index >= 15 is 0 Å². The Balaban J connectivity index is 1.45. The molecule has 0 aromatic carbocycles. The molecule has 0 radical (unpaired) electrons. The minimum absolute atomic E-state index is 0.0808. The molecule has 0 saturated carbocycles. The summed E-state index contributed by atoms with van der Waals surface area (Å²) in [7, 11) is -3.56. The largest absolute Gasteiger partial charge is 0.228 e. The van der Waals surface area contributed by atoms with E-state index in [1.54, 1.807) is 11.3 Å². The van der Waals surface area contributed by atoms with Gasteiger partial charge in [-0.1, -0.05) is 43.3 Å². The van der Waals surface area contributed by atoms with E-state index in [1.807, 2.05) is 6.08 Å². The summed E-state index contributed by atoms with van der Waals surface area (Å²) in [5.74, 6) is 1.98. The molecule has 0 amide bonds. The van der Waals surface area contributed by atoms with E-state index in [9.17, 15) is 8.42 Å². The van der Waals surface area contributed by atoms with Gasteiger partial charge in [-0.25, -0.2) is 8.42 Å². The van der Waals surface area contributed by atoms with Gasteiger partial charge in [0.15, 0.2) is 22.7 Å². The van der Waals surface area contributed by atoms with E-state index in [2.05, 4.69) is 31.0 Å². The Kier molecular flexibility index (Phi) is 4.76. The van der Waals surface area contributed by atoms with Crippen LogP contribution < -0.4 is 0 Å². The second-order valence-corrected chi connectivity index (χ2v) is 18.3. The maximum atomic E-state index is 14.1. The Morgan fingerprint density at radius 3 is 2.38 bits per heavy atom. The average Bonchev–Trinajstić information content (AvgIpc) is 3.31. The van der Waals surface area contributed by atoms with Crippen molar-refractivity contribution in [2.24, 2.45) is 5.92 Å². The standard InChI is InChI=1S/C18H26B2O2P2S2/c1-3-5-13(2)17(8-16-6-4-7-25-16)26(21,22)18(23-11-14-9-19(14)23)24-12-15-10-20(15)24/h3-4,6-7,13-15,17-18H,1,5,8-12H2,2H3/t13-,14?,15?,17-,18?,23?,24?/m0/s1. The van der Waals surface area contributed by atoms with Gasteiger partial charge in [0.05, 0.1) is 9.98 Å². The number of allylic oxidation sites excluding steroid dienone is 1. The molecule has 2 nitrogen and oxygen atoms in total. The van der Waals surface area contributed by atoms with Gasteiger partial charge in [-0.15, -0.1) is 33.5 Å². The summed E-state index contributed by atoms with van der Waals surface area (Å²) in [5, 5.41) is 1.86. The molecule has 6 atom stereocenters. The number of hydrogen-bond donors (Lipinski definition) is 0. The lowest BCUT2D eigenvalue weighted by Gasteiger charge is -2.44. The fourth-order valence-electron chi connectivity index (χ4n) is 5.12. The van der Waals surface area contributed by atoms with Crippen LogP contribution in [0.4, 0.5) is 0 Å². The maximum Gasteiger partial charge on any atom is 0.175 e. The first-order valence-corrected chi connectivity index (χ1v) is 15.7. The van der Waals surface area contributed by atoms with Crippen LogP contribution in [0.5, 0.6) is 0 Å². The molecule has 1 aromatic heterocycles. The number of rotatable bonds is 9. The third-order valence-corrected chi connectivity index (χ3v) is 21.0. The van der Waals surface area contributed by atoms with Crippen LogP contribution in [0.15, 0.2) is 30.2 Å². The number of hydrogen-bond acceptors (Lipinski definition) is 3. The molecule has 26 heavy (non-hydrogen) atoms. The fraction of sp³-hybridized carbons (Fsp3) is 0.667. The Morgan fingerprint density at radius 1 is 1.31 bits per heavy atom. The van der Waals surface area contributed by atoms with Gasteiger partial charge in [0, 0.05) is 4.88 Å². The van der Waals surface area contributed by atoms with Crippen molar-refractivity contribution in [1.29, 1.82) is 0 Å². The first-order valence-electron chi connectivity index (χ1n) is 9.88. The lowest BCUT2D eigenvalue weighted by Crippen LogP contribution is -2.40. The fourth-order valence-corrected chi connectivity index (χ4v) is 21.0. The summed E-state index contributed by atoms with van der Waals surface area (Å²) in [6.45, 7) is 6.02. The highest BCUT2D eigenvalue weighted by Crippen LogP contribution is 2.86. The highest BCUT2D eigenvalue weighted by atomic mass is 32.2. The molecule has 138 valence electrons. The zero-order valence-corrected chi connectivity index (χ0v) is 18.7. The van der Waals surface area contributed by atoms with Crippen molar-refractivity contribution in [3.8, 4) is 0 Å². The third-order valence-electron chi connectivity index (χ3n) is 6.95. The van der Waals surface area contributed by atoms with Crippen LogP contribution in [0.2, 0.25) is 24.3 Å². The summed E-state index contributed by atoms with van der Waals surface area (Å²) < 4.78 is 28.2. The van der Waals surface area contributed by atoms with Gasteiger partial charge in [0.1, 0.15) is 0 Å². The summed E-state index contributed by atoms with van der Waals surface area (Å²) in [4.78, 5) is 1.23. The number of fused-ring (bicyclic) bond motifs is 2. The van der Waals surface area contributed by atoms with Gasteiger partial charge in [0.25, 0.3) is 0 Å². The van der Waals surface area contributed by atoms with Crippen LogP contribution in [0.25, 0.3) is 0 Å². The predicted molar refractivity (Wildman–Crippen MR) is 121 cm³/mol. The van der Waals surface area contributed by atoms with Gasteiger partial charge in [-0.2, -0.15) is 0 Å². The van der Waals surface area contributed by atoms with Crippen LogP contribution >= 0.6 is 26.9 Å². The van der Waals surface area contributed by atoms with E-state index in [4.69, 9.17) is 0 Å². The molecule has 1 aromatic rings. The van der Waals surface area contributed by atoms with Gasteiger partial charge >= 0.3 is 0 Å². The molecule has 4 saturated heterocycles. The molecule has 0 N–H and O–H groups in total. The topological polar surface area (TPSA) is 34.1 Å². The Hall–Kier alpha value is 0.380. The lowest BCUT2D eigenvalue weighted by atomic mass is 9.99. The molecule has 0 aliphatic carbocycles. The molecule has 8 heteroatoms. The van der Waals surface area contributed by atoms with Crippen molar-refractivity contribution in [1.82, 2.24) is 0 Å². The Morgan fingerprint density at radius 2 is 1.96 bits per heavy atom. The van der Waals surface area contributed by atoms with Crippen LogP contribution in [0.1, 0.15) is 18.2 Å². The maximum absolute atomic E-state index is 14.1. The molecular formula is C18H26B2O2P2S2. The Bertz CT molecular complexity index is 776. The van der Waals surface area contributed by atoms with Crippen LogP contribution in [-0.2, 0) is 16.3 Å². The molecule has 0 bridgehead atoms. The van der Waals surface area contributed by atoms with Crippen molar-refractivity contribution < 1.29 is 8.42 Å². The lowest BCUT2D eigenvalue weighted by molar-refractivity contribution is 0.507. The summed E-state index contributed by atoms with van der Waals surface area (Å²) in [5.41, 5.74) is 0. The second kappa shape index (κ2) is 6.72. The molecule has 4 aliphatic rings. The van der Waals surface area contributed by atoms with Crippen molar-refractivity contribution in [2.75, 3.05) is 12.3 Å². The average molecular weight is 422 g/mol. The molecule has 4 aliphatic heterocycles. The number of thiophene rings is 1. The van der Waals surface area contributed by atoms with E-state index in [0.29, 0.717) is 6.42 Å². The predicted octanol–water partition coefficient (Wildman–Crippen LogP) is 5.31. The first kappa shape index (κ1) is 18.4. The highest BCUT2D eigenvalue weighted by molar-refractivity contribution is 8.22. The molecular weight excluding hydrogens is 396 g/mol. The van der Waals surface area contributed by atoms with E-state index < -0.39 is 9.84 Å². The van der Waals surface area contributed by atoms with E-state index in [1.165, 1.54) is 29.8 Å². The van der Waals surface area contributed by atoms with Crippen LogP contribution in [0.3, 0.4) is 0 Å². The van der Waals surface area contributed by atoms with Crippen molar-refractivity contribution in [3.05, 3.63) is 35.0 Å². The highest BCUT2D eigenvalue weighted by Gasteiger charge is 2.68. The van der Waals surface area contributed by atoms with Gasteiger partial charge in [-0.3, -0.25) is 0 Å². The van der Waals surface area contributed by atoms with Crippen molar-refractivity contribution in [3.63, 3.8) is 0 Å². The van der Waals surface area contributed by atoms with E-state index in [-0.39, 0.29) is 31.5 Å². The van der Waals surface area contributed by atoms with Gasteiger partial charge < -0.3 is 0 Å². The van der Waals surface area contributed by atoms with Crippen LogP contribution in [-0.4, -0.2) is 43.6 Å². The molecule has 0 spiro atoms. The van der Waals surface area contributed by atoms with Gasteiger partial charge in [-0.05, 0) is 42.5 Å². The quantitative estimate of drug-likeness (QED) is 0.307. The zero-order valence-electron chi connectivity index (χ0n) is 15.3. The summed E-state index contributed by atoms with van der Waals surface area (Å²) in [6.07, 6.45) is 10.3. The second-order valence-electron chi connectivity index (χ2n) is 8.76. The van der Waals surface area contributed by atoms with Crippen LogP contribution in [0, 0.1) is 5.92 Å². The number of sulfone groups is 1. The SMILES string of the molecule is C=CC[C@H](C)[C@H](Cc1cccs1)S(=O)(=O)C(P1CC2CB21)P1CC2CB21. The molecule has 5 rings (SSSR count). The zero-order chi connectivity index (χ0) is 18.1. The third kappa shape index (κ3) is 3.02. The van der Waals surface area contributed by atoms with Crippen molar-refractivity contribution >= 4 is 49.6 Å². The van der Waals surface area contributed by atoms with Crippen molar-refractivity contribution in [2.45, 2.75) is 54.0 Å². The van der Waals surface area contributed by atoms with E-state index in [0.717, 1.165) is 30.9 Å². The van der Waals surface area contributed by atoms with Gasteiger partial charge in [0.2, 0.25) is 0 Å². The monoisotopic (exact) mass is 422 g/mol. The minimum atomic E-state index is -3.08. The Labute approximate surface area is 165 Å². The summed E-state index contributed by atoms with van der Waals surface area (Å²) in [6, 6.07) is 4.16. The normalized spacial score (nSPS) is 34.7. The smallest absolute Gasteiger partial charge is 0.175 e. The minimum Gasteiger partial charge on any atom is -0.228 e. The molecule has 4 unspecified atom stereocenters. The molecule has 4 fully saturated rings. The summed E-state index contributed by atoms with van der Waals surface area (Å²) >= 11 is 1.71.